The van der Waals surface area contributed by atoms with Crippen molar-refractivity contribution >= 4 is 0 Å². The highest BCUT2D eigenvalue weighted by molar-refractivity contribution is 5.12. The van der Waals surface area contributed by atoms with Crippen molar-refractivity contribution in [1.29, 1.82) is 0 Å². The summed E-state index contributed by atoms with van der Waals surface area (Å²) < 4.78 is 2.41. The molecule has 1 saturated heterocycles. The van der Waals surface area contributed by atoms with Crippen LogP contribution in [0, 0.1) is 5.92 Å². The average Bonchev–Trinajstić information content (AvgIpc) is 2.91. The van der Waals surface area contributed by atoms with E-state index < -0.39 is 0 Å². The summed E-state index contributed by atoms with van der Waals surface area (Å²) >= 11 is 0. The Morgan fingerprint density at radius 2 is 1.91 bits per heavy atom. The number of aromatic nitrogens is 1. The number of aryl methyl sites for hydroxylation is 1. The first kappa shape index (κ1) is 18.9. The second-order valence-electron chi connectivity index (χ2n) is 7.51. The van der Waals surface area contributed by atoms with E-state index in [0.717, 1.165) is 5.92 Å². The molecule has 2 heterocycles. The molecule has 1 aliphatic heterocycles. The van der Waals surface area contributed by atoms with E-state index in [9.17, 15) is 0 Å². The van der Waals surface area contributed by atoms with Crippen LogP contribution in [0.25, 0.3) is 0 Å². The molecule has 2 aliphatic rings. The van der Waals surface area contributed by atoms with Crippen molar-refractivity contribution in [2.75, 3.05) is 13.6 Å². The van der Waals surface area contributed by atoms with E-state index >= 15 is 0 Å². The zero-order chi connectivity index (χ0) is 15.2. The Labute approximate surface area is 153 Å². The Morgan fingerprint density at radius 1 is 1.09 bits per heavy atom. The molecule has 0 N–H and O–H groups in total. The zero-order valence-electron chi connectivity index (χ0n) is 14.7. The normalized spacial score (nSPS) is 21.9. The van der Waals surface area contributed by atoms with Gasteiger partial charge in [-0.15, -0.1) is 0 Å². The van der Waals surface area contributed by atoms with Gasteiger partial charge in [-0.25, -0.2) is 4.57 Å². The Kier molecular flexibility index (Phi) is 8.05. The van der Waals surface area contributed by atoms with Gasteiger partial charge >= 0.3 is 0 Å². The minimum atomic E-state index is 0. The Morgan fingerprint density at radius 3 is 2.61 bits per heavy atom. The summed E-state index contributed by atoms with van der Waals surface area (Å²) in [5.74, 6) is 1.09. The number of hydrogen-bond donors (Lipinski definition) is 0. The van der Waals surface area contributed by atoms with E-state index in [0.29, 0.717) is 6.04 Å². The van der Waals surface area contributed by atoms with Gasteiger partial charge in [0, 0.05) is 24.1 Å². The molecule has 1 aromatic heterocycles. The van der Waals surface area contributed by atoms with Gasteiger partial charge in [-0.3, -0.25) is 4.90 Å². The first-order valence-corrected chi connectivity index (χ1v) is 9.52. The second-order valence-corrected chi connectivity index (χ2v) is 7.51. The fourth-order valence-corrected chi connectivity index (χ4v) is 4.07. The molecule has 130 valence electrons. The van der Waals surface area contributed by atoms with Crippen LogP contribution < -0.4 is 21.5 Å². The molecule has 3 rings (SSSR count). The molecule has 0 spiro atoms. The fraction of sp³-hybridized carbons (Fsp3) is 0.750. The monoisotopic (exact) mass is 380 g/mol. The van der Waals surface area contributed by atoms with Gasteiger partial charge in [-0.1, -0.05) is 38.5 Å². The third-order valence-electron chi connectivity index (χ3n) is 5.79. The molecule has 2 fully saturated rings. The molecule has 0 unspecified atom stereocenters. The lowest BCUT2D eigenvalue weighted by Crippen LogP contribution is -3.00. The van der Waals surface area contributed by atoms with Crippen molar-refractivity contribution in [2.24, 2.45) is 5.92 Å². The van der Waals surface area contributed by atoms with Crippen LogP contribution in [0.5, 0.6) is 0 Å². The molecule has 1 aliphatic carbocycles. The van der Waals surface area contributed by atoms with Gasteiger partial charge in [0.05, 0.1) is 0 Å². The van der Waals surface area contributed by atoms with E-state index in [1.807, 2.05) is 0 Å². The first-order chi connectivity index (χ1) is 10.8. The minimum Gasteiger partial charge on any atom is -1.00 e. The SMILES string of the molecule is CN1CCC[C@H]1c1ccc[n+](CCCCCCC2CCC2)c1.[Br-]. The molecule has 23 heavy (non-hydrogen) atoms. The quantitative estimate of drug-likeness (QED) is 0.489. The summed E-state index contributed by atoms with van der Waals surface area (Å²) in [5, 5.41) is 0. The second kappa shape index (κ2) is 9.78. The van der Waals surface area contributed by atoms with Crippen LogP contribution in [0.2, 0.25) is 0 Å². The van der Waals surface area contributed by atoms with E-state index in [1.54, 1.807) is 0 Å². The third kappa shape index (κ3) is 5.56. The maximum Gasteiger partial charge on any atom is 0.173 e. The maximum absolute atomic E-state index is 2.50. The lowest BCUT2D eigenvalue weighted by molar-refractivity contribution is -0.697. The highest BCUT2D eigenvalue weighted by atomic mass is 79.9. The van der Waals surface area contributed by atoms with Gasteiger partial charge in [0.15, 0.2) is 12.4 Å². The Bertz CT molecular complexity index is 459. The van der Waals surface area contributed by atoms with E-state index in [-0.39, 0.29) is 17.0 Å². The number of unbranched alkanes of at least 4 members (excludes halogenated alkanes) is 3. The Hall–Kier alpha value is -0.410. The molecule has 0 aromatic carbocycles. The molecule has 1 saturated carbocycles. The van der Waals surface area contributed by atoms with E-state index in [4.69, 9.17) is 0 Å². The van der Waals surface area contributed by atoms with Crippen LogP contribution >= 0.6 is 0 Å². The smallest absolute Gasteiger partial charge is 0.173 e. The predicted octanol–water partition coefficient (Wildman–Crippen LogP) is 1.50. The van der Waals surface area contributed by atoms with Gasteiger partial charge in [-0.2, -0.15) is 0 Å². The third-order valence-corrected chi connectivity index (χ3v) is 5.79. The van der Waals surface area contributed by atoms with Gasteiger partial charge in [0.2, 0.25) is 0 Å². The van der Waals surface area contributed by atoms with Gasteiger partial charge in [0.25, 0.3) is 0 Å². The predicted molar refractivity (Wildman–Crippen MR) is 91.7 cm³/mol. The summed E-state index contributed by atoms with van der Waals surface area (Å²) in [4.78, 5) is 2.50. The molecule has 0 radical (unpaired) electrons. The van der Waals surface area contributed by atoms with Crippen LogP contribution in [-0.2, 0) is 6.54 Å². The Balaban J connectivity index is 0.00000192. The summed E-state index contributed by atoms with van der Waals surface area (Å²) in [6.07, 6.45) is 18.9. The lowest BCUT2D eigenvalue weighted by Gasteiger charge is -2.24. The average molecular weight is 381 g/mol. The van der Waals surface area contributed by atoms with Crippen LogP contribution in [0.4, 0.5) is 0 Å². The molecule has 2 nitrogen and oxygen atoms in total. The lowest BCUT2D eigenvalue weighted by atomic mass is 9.82. The number of likely N-dealkylation sites (tertiary alicyclic amines) is 1. The van der Waals surface area contributed by atoms with Crippen molar-refractivity contribution < 1.29 is 21.5 Å². The molecule has 0 bridgehead atoms. The maximum atomic E-state index is 2.50. The summed E-state index contributed by atoms with van der Waals surface area (Å²) in [6, 6.07) is 5.19. The van der Waals surface area contributed by atoms with Crippen molar-refractivity contribution in [3.05, 3.63) is 30.1 Å². The summed E-state index contributed by atoms with van der Waals surface area (Å²) in [5.41, 5.74) is 1.51. The van der Waals surface area contributed by atoms with Crippen molar-refractivity contribution in [2.45, 2.75) is 76.8 Å². The van der Waals surface area contributed by atoms with Crippen LogP contribution in [-0.4, -0.2) is 18.5 Å². The number of nitrogens with zero attached hydrogens (tertiary/aromatic N) is 2. The minimum absolute atomic E-state index is 0. The molecule has 1 atom stereocenters. The molecule has 0 amide bonds. The number of rotatable bonds is 8. The fourth-order valence-electron chi connectivity index (χ4n) is 4.07. The number of pyridine rings is 1. The van der Waals surface area contributed by atoms with Crippen LogP contribution in [0.3, 0.4) is 0 Å². The molecular formula is C20H33BrN2. The summed E-state index contributed by atoms with van der Waals surface area (Å²) in [7, 11) is 2.26. The van der Waals surface area contributed by atoms with Crippen molar-refractivity contribution in [3.63, 3.8) is 0 Å². The standard InChI is InChI=1S/C20H33N2.BrH/c1-21-14-8-13-20(21)19-12-7-16-22(17-19)15-5-3-2-4-9-18-10-6-11-18;/h7,12,16-18,20H,2-6,8-11,13-15H2,1H3;1H/q+1;/p-1/t20-;/m0./s1. The van der Waals surface area contributed by atoms with E-state index in [2.05, 4.69) is 41.0 Å². The van der Waals surface area contributed by atoms with E-state index in [1.165, 1.54) is 82.9 Å². The summed E-state index contributed by atoms with van der Waals surface area (Å²) in [6.45, 7) is 2.44. The topological polar surface area (TPSA) is 7.12 Å². The molecule has 1 aromatic rings. The zero-order valence-corrected chi connectivity index (χ0v) is 16.3. The molecular weight excluding hydrogens is 348 g/mol. The van der Waals surface area contributed by atoms with Gasteiger partial charge in [0.1, 0.15) is 6.54 Å². The van der Waals surface area contributed by atoms with Crippen molar-refractivity contribution in [3.8, 4) is 0 Å². The van der Waals surface area contributed by atoms with Gasteiger partial charge in [-0.05, 0) is 44.8 Å². The highest BCUT2D eigenvalue weighted by Crippen LogP contribution is 2.31. The number of halogens is 1. The van der Waals surface area contributed by atoms with Crippen molar-refractivity contribution in [1.82, 2.24) is 4.90 Å². The first-order valence-electron chi connectivity index (χ1n) is 9.52. The highest BCUT2D eigenvalue weighted by Gasteiger charge is 2.24. The van der Waals surface area contributed by atoms with Crippen LogP contribution in [0.1, 0.15) is 75.8 Å². The molecule has 3 heteroatoms. The van der Waals surface area contributed by atoms with Crippen LogP contribution in [0.15, 0.2) is 24.5 Å². The largest absolute Gasteiger partial charge is 1.00 e. The van der Waals surface area contributed by atoms with Gasteiger partial charge < -0.3 is 17.0 Å². The number of hydrogen-bond acceptors (Lipinski definition) is 1.